The number of fused-ring (bicyclic) bond motifs is 3. The molecule has 0 saturated carbocycles. The predicted molar refractivity (Wildman–Crippen MR) is 224 cm³/mol. The lowest BCUT2D eigenvalue weighted by atomic mass is 9.95. The molecule has 4 aliphatic rings. The van der Waals surface area contributed by atoms with Crippen LogP contribution in [-0.2, 0) is 0 Å². The van der Waals surface area contributed by atoms with Crippen LogP contribution in [0.3, 0.4) is 0 Å². The van der Waals surface area contributed by atoms with Gasteiger partial charge in [0, 0.05) is 33.4 Å². The van der Waals surface area contributed by atoms with Crippen molar-refractivity contribution in [1.82, 2.24) is 0 Å². The van der Waals surface area contributed by atoms with E-state index in [1.807, 2.05) is 0 Å². The van der Waals surface area contributed by atoms with Crippen molar-refractivity contribution >= 4 is 48.4 Å². The molecule has 4 aliphatic carbocycles. The van der Waals surface area contributed by atoms with Gasteiger partial charge in [-0.1, -0.05) is 152 Å². The van der Waals surface area contributed by atoms with Gasteiger partial charge in [0.05, 0.1) is 48.4 Å². The second-order valence-electron chi connectivity index (χ2n) is 19.5. The summed E-state index contributed by atoms with van der Waals surface area (Å²) in [5.41, 5.74) is 47.6. The molecule has 0 radical (unpaired) electrons. The quantitative estimate of drug-likeness (QED) is 0.189. The Morgan fingerprint density at radius 2 is 0.312 bits per heavy atom. The average Bonchev–Trinajstić information content (AvgIpc) is 2.81. The second kappa shape index (κ2) is 12.5. The fourth-order valence-corrected chi connectivity index (χ4v) is 24.8. The molecule has 0 fully saturated rings. The summed E-state index contributed by atoms with van der Waals surface area (Å²) in [5.74, 6) is 0. The molecule has 4 rings (SSSR count). The topological polar surface area (TPSA) is 0 Å². The van der Waals surface area contributed by atoms with Gasteiger partial charge < -0.3 is 0 Å². The molecule has 0 aromatic rings. The molecule has 0 unspecified atom stereocenters. The highest BCUT2D eigenvalue weighted by molar-refractivity contribution is 6.93. The van der Waals surface area contributed by atoms with Crippen molar-refractivity contribution in [3.8, 4) is 0 Å². The fourth-order valence-electron chi connectivity index (χ4n) is 7.12. The maximum Gasteiger partial charge on any atom is 0.0792 e. The van der Waals surface area contributed by atoms with E-state index < -0.39 is 48.4 Å². The largest absolute Gasteiger partial charge is 0.0792 e. The number of hydrogen-bond donors (Lipinski definition) is 0. The Bertz CT molecular complexity index is 1790. The van der Waals surface area contributed by atoms with Crippen LogP contribution in [0.2, 0.25) is 118 Å². The van der Waals surface area contributed by atoms with Gasteiger partial charge in [0.25, 0.3) is 0 Å². The molecule has 0 atom stereocenters. The fraction of sp³-hybridized carbons (Fsp3) is 0.429. The van der Waals surface area contributed by atoms with Crippen LogP contribution in [0.1, 0.15) is 0 Å². The van der Waals surface area contributed by atoms with E-state index in [1.165, 1.54) is 31.2 Å². The molecule has 0 N–H and O–H groups in total. The first-order chi connectivity index (χ1) is 21.7. The van der Waals surface area contributed by atoms with Gasteiger partial charge in [-0.3, -0.25) is 0 Å². The summed E-state index contributed by atoms with van der Waals surface area (Å²) in [6, 6.07) is 0. The smallest absolute Gasteiger partial charge is 0.0656 e. The van der Waals surface area contributed by atoms with Crippen LogP contribution in [0.15, 0.2) is 133 Å². The SMILES string of the molecule is C[Si](C)(C)C1=C([Si](C)(C)C)C2=C=C=C=C=C3C(=C=C=C=C=C4C(=C=C=C=C=C21)C([Si](C)(C)C)=C4[Si](C)(C)C)C([Si](C)(C)C)=C3[Si](C)(C)C. The standard InChI is InChI=1S/C42H54Si6/c1-43(2,3)37-31-25-19-20-27-33-35(41(47(13,14)15)39(33)45(7,8)9)29-23-24-30-36-34(40(46(10,11)12)42(36)48(16,17)18)28-22-21-26-32(31)38(37)44(4,5)6/h1-18H3. The van der Waals surface area contributed by atoms with Gasteiger partial charge in [-0.15, -0.1) is 0 Å². The molecular formula is C42H54Si6. The maximum absolute atomic E-state index is 3.53. The van der Waals surface area contributed by atoms with E-state index in [0.717, 1.165) is 33.4 Å². The lowest BCUT2D eigenvalue weighted by Crippen LogP contribution is -2.41. The molecular weight excluding hydrogens is 673 g/mol. The Morgan fingerprint density at radius 3 is 0.396 bits per heavy atom. The van der Waals surface area contributed by atoms with Gasteiger partial charge in [0.15, 0.2) is 0 Å². The van der Waals surface area contributed by atoms with E-state index in [-0.39, 0.29) is 0 Å². The van der Waals surface area contributed by atoms with Crippen molar-refractivity contribution < 1.29 is 0 Å². The molecule has 246 valence electrons. The summed E-state index contributed by atoms with van der Waals surface area (Å²) < 4.78 is 0. The van der Waals surface area contributed by atoms with Gasteiger partial charge in [0.1, 0.15) is 0 Å². The van der Waals surface area contributed by atoms with Crippen LogP contribution in [0.5, 0.6) is 0 Å². The second-order valence-corrected chi connectivity index (χ2v) is 49.5. The molecule has 0 aromatic carbocycles. The van der Waals surface area contributed by atoms with Crippen molar-refractivity contribution in [2.75, 3.05) is 0 Å². The number of hydrogen-bond acceptors (Lipinski definition) is 0. The zero-order valence-electron chi connectivity index (χ0n) is 33.0. The Balaban J connectivity index is 2.38. The van der Waals surface area contributed by atoms with E-state index in [1.54, 1.807) is 0 Å². The van der Waals surface area contributed by atoms with E-state index in [4.69, 9.17) is 0 Å². The van der Waals surface area contributed by atoms with E-state index in [2.05, 4.69) is 187 Å². The predicted octanol–water partition coefficient (Wildman–Crippen LogP) is 11.9. The third kappa shape index (κ3) is 7.33. The van der Waals surface area contributed by atoms with Crippen molar-refractivity contribution in [3.05, 3.63) is 133 Å². The summed E-state index contributed by atoms with van der Waals surface area (Å²) in [5, 5.41) is 8.94. The first kappa shape index (κ1) is 37.9. The molecule has 0 aromatic heterocycles. The summed E-state index contributed by atoms with van der Waals surface area (Å²) in [6.45, 7) is 43.7. The molecule has 48 heavy (non-hydrogen) atoms. The monoisotopic (exact) mass is 726 g/mol. The van der Waals surface area contributed by atoms with Crippen molar-refractivity contribution in [1.29, 1.82) is 0 Å². The van der Waals surface area contributed by atoms with Crippen LogP contribution < -0.4 is 0 Å². The zero-order chi connectivity index (χ0) is 36.4. The lowest BCUT2D eigenvalue weighted by Gasteiger charge is -2.41. The highest BCUT2D eigenvalue weighted by Crippen LogP contribution is 2.50. The minimum Gasteiger partial charge on any atom is -0.0656 e. The zero-order valence-corrected chi connectivity index (χ0v) is 39.0. The van der Waals surface area contributed by atoms with E-state index in [9.17, 15) is 0 Å². The van der Waals surface area contributed by atoms with Gasteiger partial charge in [0.2, 0.25) is 0 Å². The Hall–Kier alpha value is -2.90. The van der Waals surface area contributed by atoms with Crippen LogP contribution in [0.25, 0.3) is 0 Å². The first-order valence-corrected chi connectivity index (χ1v) is 38.2. The summed E-state index contributed by atoms with van der Waals surface area (Å²) in [4.78, 5) is 0. The molecule has 0 aliphatic heterocycles. The summed E-state index contributed by atoms with van der Waals surface area (Å²) in [7, 11) is -10.1. The third-order valence-electron chi connectivity index (χ3n) is 8.81. The first-order valence-electron chi connectivity index (χ1n) is 17.2. The van der Waals surface area contributed by atoms with Gasteiger partial charge in [-0.25, -0.2) is 0 Å². The minimum absolute atomic E-state index is 1.11. The highest BCUT2D eigenvalue weighted by atomic mass is 28.3. The Labute approximate surface area is 298 Å². The van der Waals surface area contributed by atoms with Gasteiger partial charge >= 0.3 is 0 Å². The van der Waals surface area contributed by atoms with Crippen molar-refractivity contribution in [2.24, 2.45) is 0 Å². The lowest BCUT2D eigenvalue weighted by molar-refractivity contribution is 1.31. The normalized spacial score (nSPS) is 18.1. The molecule has 0 spiro atoms. The summed E-state index contributed by atoms with van der Waals surface area (Å²) >= 11 is 0. The number of rotatable bonds is 6. The van der Waals surface area contributed by atoms with E-state index >= 15 is 0 Å². The van der Waals surface area contributed by atoms with Crippen LogP contribution >= 0.6 is 0 Å². The molecule has 0 nitrogen and oxygen atoms in total. The van der Waals surface area contributed by atoms with Crippen LogP contribution in [0, 0.1) is 0 Å². The molecule has 0 amide bonds. The summed E-state index contributed by atoms with van der Waals surface area (Å²) in [6.07, 6.45) is 0. The molecule has 0 heterocycles. The number of allylic oxidation sites excluding steroid dienone is 12. The van der Waals surface area contributed by atoms with Gasteiger partial charge in [-0.05, 0) is 65.6 Å². The van der Waals surface area contributed by atoms with Crippen LogP contribution in [0.4, 0.5) is 0 Å². The minimum atomic E-state index is -1.68. The highest BCUT2D eigenvalue weighted by Gasteiger charge is 2.45. The van der Waals surface area contributed by atoms with Crippen LogP contribution in [-0.4, -0.2) is 48.4 Å². The Kier molecular flexibility index (Phi) is 9.84. The molecule has 6 heteroatoms. The van der Waals surface area contributed by atoms with Crippen molar-refractivity contribution in [2.45, 2.75) is 118 Å². The average molecular weight is 727 g/mol. The van der Waals surface area contributed by atoms with E-state index in [0.29, 0.717) is 0 Å². The molecule has 0 saturated heterocycles. The molecule has 0 bridgehead atoms. The maximum atomic E-state index is 3.53. The third-order valence-corrected chi connectivity index (χ3v) is 21.6. The van der Waals surface area contributed by atoms with Crippen molar-refractivity contribution in [3.63, 3.8) is 0 Å². The Morgan fingerprint density at radius 1 is 0.208 bits per heavy atom. The van der Waals surface area contributed by atoms with Gasteiger partial charge in [-0.2, -0.15) is 0 Å².